The topological polar surface area (TPSA) is 96.0 Å². The van der Waals surface area contributed by atoms with Crippen molar-refractivity contribution in [1.29, 1.82) is 0 Å². The average Bonchev–Trinajstić information content (AvgIpc) is 3.06. The van der Waals surface area contributed by atoms with E-state index in [4.69, 9.17) is 4.74 Å². The van der Waals surface area contributed by atoms with E-state index in [9.17, 15) is 18.0 Å². The van der Waals surface area contributed by atoms with Gasteiger partial charge in [0.2, 0.25) is 11.8 Å². The monoisotopic (exact) mass is 705 g/mol. The number of rotatable bonds is 15. The first-order chi connectivity index (χ1) is 22.1. The number of carbonyl (C=O) groups excluding carboxylic acids is 2. The Kier molecular flexibility index (Phi) is 12.4. The highest BCUT2D eigenvalue weighted by atomic mass is 79.9. The van der Waals surface area contributed by atoms with Crippen LogP contribution in [0.25, 0.3) is 0 Å². The van der Waals surface area contributed by atoms with Gasteiger partial charge in [0, 0.05) is 24.0 Å². The van der Waals surface area contributed by atoms with Crippen LogP contribution in [0.3, 0.4) is 0 Å². The third kappa shape index (κ3) is 8.98. The first-order valence-corrected chi connectivity index (χ1v) is 17.5. The average molecular weight is 707 g/mol. The van der Waals surface area contributed by atoms with Crippen molar-refractivity contribution in [2.45, 2.75) is 51.1 Å². The van der Waals surface area contributed by atoms with Gasteiger partial charge in [-0.05, 0) is 67.8 Å². The van der Waals surface area contributed by atoms with E-state index in [2.05, 4.69) is 21.2 Å². The predicted octanol–water partition coefficient (Wildman–Crippen LogP) is 6.52. The minimum Gasteiger partial charge on any atom is -0.492 e. The second-order valence-electron chi connectivity index (χ2n) is 10.9. The van der Waals surface area contributed by atoms with Crippen LogP contribution in [-0.4, -0.2) is 50.9 Å². The van der Waals surface area contributed by atoms with Crippen LogP contribution in [0.15, 0.2) is 112 Å². The van der Waals surface area contributed by atoms with E-state index in [1.54, 1.807) is 36.4 Å². The fourth-order valence-electron chi connectivity index (χ4n) is 5.00. The maximum atomic E-state index is 14.6. The zero-order chi connectivity index (χ0) is 33.1. The molecular formula is C36H40BrN3O5S. The van der Waals surface area contributed by atoms with Crippen LogP contribution in [0.1, 0.15) is 37.0 Å². The van der Waals surface area contributed by atoms with Gasteiger partial charge in [-0.1, -0.05) is 95.1 Å². The molecule has 0 saturated heterocycles. The number of sulfonamides is 1. The summed E-state index contributed by atoms with van der Waals surface area (Å²) in [5, 5.41) is 2.96. The Morgan fingerprint density at radius 2 is 1.50 bits per heavy atom. The minimum atomic E-state index is -4.24. The van der Waals surface area contributed by atoms with Crippen molar-refractivity contribution in [3.05, 3.63) is 124 Å². The maximum absolute atomic E-state index is 14.6. The zero-order valence-corrected chi connectivity index (χ0v) is 28.8. The molecular weight excluding hydrogens is 666 g/mol. The number of benzene rings is 4. The Balaban J connectivity index is 1.82. The summed E-state index contributed by atoms with van der Waals surface area (Å²) in [5.74, 6) is -0.509. The summed E-state index contributed by atoms with van der Waals surface area (Å²) in [7, 11) is -4.24. The van der Waals surface area contributed by atoms with Gasteiger partial charge in [-0.25, -0.2) is 8.42 Å². The second-order valence-corrected chi connectivity index (χ2v) is 13.6. The molecule has 2 amide bonds. The molecule has 0 aliphatic heterocycles. The van der Waals surface area contributed by atoms with E-state index in [-0.39, 0.29) is 29.5 Å². The largest absolute Gasteiger partial charge is 0.492 e. The number of nitrogens with one attached hydrogen (secondary N) is 1. The van der Waals surface area contributed by atoms with Crippen LogP contribution in [-0.2, 0) is 32.6 Å². The van der Waals surface area contributed by atoms with Crippen LogP contribution in [0.2, 0.25) is 0 Å². The zero-order valence-electron chi connectivity index (χ0n) is 26.4. The predicted molar refractivity (Wildman–Crippen MR) is 185 cm³/mol. The van der Waals surface area contributed by atoms with Crippen molar-refractivity contribution >= 4 is 43.5 Å². The highest BCUT2D eigenvalue weighted by Crippen LogP contribution is 2.33. The summed E-state index contributed by atoms with van der Waals surface area (Å²) in [6, 6.07) is 29.3. The lowest BCUT2D eigenvalue weighted by Crippen LogP contribution is -2.53. The van der Waals surface area contributed by atoms with Crippen molar-refractivity contribution in [3.8, 4) is 5.75 Å². The quantitative estimate of drug-likeness (QED) is 0.152. The molecule has 4 rings (SSSR count). The van der Waals surface area contributed by atoms with E-state index in [1.165, 1.54) is 17.0 Å². The third-order valence-corrected chi connectivity index (χ3v) is 9.71. The van der Waals surface area contributed by atoms with Crippen LogP contribution in [0.5, 0.6) is 5.75 Å². The lowest BCUT2D eigenvalue weighted by molar-refractivity contribution is -0.140. The standard InChI is InChI=1S/C36H40BrN3O5S/c1-4-23-38-36(42)33(24-28-11-7-6-8-12-28)39(25-29-17-19-30(37)20-18-29)35(41)26-40(32-13-9-10-14-34(32)45-5-2)46(43,44)31-21-15-27(3)16-22-31/h6-22,33H,4-5,23-26H2,1-3H3,(H,38,42). The molecule has 0 bridgehead atoms. The first-order valence-electron chi connectivity index (χ1n) is 15.3. The Morgan fingerprint density at radius 1 is 0.848 bits per heavy atom. The number of hydrogen-bond acceptors (Lipinski definition) is 5. The minimum absolute atomic E-state index is 0.0400. The second kappa shape index (κ2) is 16.4. The summed E-state index contributed by atoms with van der Waals surface area (Å²) >= 11 is 3.46. The number of amides is 2. The van der Waals surface area contributed by atoms with Gasteiger partial charge in [0.1, 0.15) is 18.3 Å². The van der Waals surface area contributed by atoms with Crippen molar-refractivity contribution < 1.29 is 22.7 Å². The Hall–Kier alpha value is -4.15. The Bertz CT molecular complexity index is 1700. The summed E-state index contributed by atoms with van der Waals surface area (Å²) in [5.41, 5.74) is 2.80. The van der Waals surface area contributed by atoms with Crippen LogP contribution >= 0.6 is 15.9 Å². The number of aryl methyl sites for hydroxylation is 1. The highest BCUT2D eigenvalue weighted by Gasteiger charge is 2.35. The normalized spacial score (nSPS) is 11.8. The third-order valence-electron chi connectivity index (χ3n) is 7.41. The molecule has 0 heterocycles. The van der Waals surface area contributed by atoms with E-state index >= 15 is 0 Å². The van der Waals surface area contributed by atoms with Gasteiger partial charge >= 0.3 is 0 Å². The van der Waals surface area contributed by atoms with E-state index in [0.29, 0.717) is 18.9 Å². The number of carbonyl (C=O) groups is 2. The van der Waals surface area contributed by atoms with Gasteiger partial charge in [-0.2, -0.15) is 0 Å². The van der Waals surface area contributed by atoms with Crippen molar-refractivity contribution in [3.63, 3.8) is 0 Å². The Labute approximate surface area is 280 Å². The molecule has 1 atom stereocenters. The maximum Gasteiger partial charge on any atom is 0.264 e. The van der Waals surface area contributed by atoms with Gasteiger partial charge in [0.05, 0.1) is 17.2 Å². The lowest BCUT2D eigenvalue weighted by Gasteiger charge is -2.34. The fourth-order valence-corrected chi connectivity index (χ4v) is 6.69. The molecule has 1 N–H and O–H groups in total. The molecule has 242 valence electrons. The lowest BCUT2D eigenvalue weighted by atomic mass is 10.0. The molecule has 0 spiro atoms. The van der Waals surface area contributed by atoms with Gasteiger partial charge < -0.3 is 15.0 Å². The van der Waals surface area contributed by atoms with E-state index in [0.717, 1.165) is 31.9 Å². The summed E-state index contributed by atoms with van der Waals surface area (Å²) in [6.45, 7) is 5.93. The molecule has 0 fully saturated rings. The molecule has 4 aromatic rings. The summed E-state index contributed by atoms with van der Waals surface area (Å²) in [4.78, 5) is 29.9. The summed E-state index contributed by atoms with van der Waals surface area (Å²) in [6.07, 6.45) is 0.972. The molecule has 10 heteroatoms. The van der Waals surface area contributed by atoms with Gasteiger partial charge in [0.25, 0.3) is 10.0 Å². The fraction of sp³-hybridized carbons (Fsp3) is 0.278. The van der Waals surface area contributed by atoms with Crippen LogP contribution in [0, 0.1) is 6.92 Å². The smallest absolute Gasteiger partial charge is 0.264 e. The first kappa shape index (κ1) is 34.7. The molecule has 1 unspecified atom stereocenters. The summed E-state index contributed by atoms with van der Waals surface area (Å²) < 4.78 is 36.4. The molecule has 0 saturated carbocycles. The molecule has 8 nitrogen and oxygen atoms in total. The molecule has 46 heavy (non-hydrogen) atoms. The number of hydrogen-bond donors (Lipinski definition) is 1. The molecule has 0 radical (unpaired) electrons. The number of anilines is 1. The van der Waals surface area contributed by atoms with Crippen LogP contribution in [0.4, 0.5) is 5.69 Å². The van der Waals surface area contributed by atoms with E-state index < -0.39 is 28.5 Å². The molecule has 4 aromatic carbocycles. The number of para-hydroxylation sites is 2. The van der Waals surface area contributed by atoms with Gasteiger partial charge in [-0.15, -0.1) is 0 Å². The highest BCUT2D eigenvalue weighted by molar-refractivity contribution is 9.10. The van der Waals surface area contributed by atoms with Crippen molar-refractivity contribution in [2.24, 2.45) is 0 Å². The number of nitrogens with zero attached hydrogens (tertiary/aromatic N) is 2. The van der Waals surface area contributed by atoms with Crippen molar-refractivity contribution in [2.75, 3.05) is 24.0 Å². The van der Waals surface area contributed by atoms with Crippen molar-refractivity contribution in [1.82, 2.24) is 10.2 Å². The van der Waals surface area contributed by atoms with Gasteiger partial charge in [0.15, 0.2) is 0 Å². The van der Waals surface area contributed by atoms with E-state index in [1.807, 2.05) is 75.4 Å². The Morgan fingerprint density at radius 3 is 2.15 bits per heavy atom. The van der Waals surface area contributed by atoms with Crippen LogP contribution < -0.4 is 14.4 Å². The SMILES string of the molecule is CCCNC(=O)C(Cc1ccccc1)N(Cc1ccc(Br)cc1)C(=O)CN(c1ccccc1OCC)S(=O)(=O)c1ccc(C)cc1. The van der Waals surface area contributed by atoms with Gasteiger partial charge in [-0.3, -0.25) is 13.9 Å². The molecule has 0 aromatic heterocycles. The number of halogens is 1. The number of ether oxygens (including phenoxy) is 1. The molecule has 0 aliphatic carbocycles. The molecule has 0 aliphatic rings.